The van der Waals surface area contributed by atoms with Crippen molar-refractivity contribution < 1.29 is 27.8 Å². The molecule has 2 heterocycles. The lowest BCUT2D eigenvalue weighted by Crippen LogP contribution is -2.30. The van der Waals surface area contributed by atoms with E-state index in [2.05, 4.69) is 4.98 Å². The SMILES string of the molecule is FC(F)(F)NCc1ccccc1.O=C(O)[C@@H]1COc2ncccc21. The maximum atomic E-state index is 11.6. The molecule has 2 N–H and O–H groups in total. The van der Waals surface area contributed by atoms with Crippen molar-refractivity contribution in [2.24, 2.45) is 0 Å². The Morgan fingerprint density at radius 2 is 1.96 bits per heavy atom. The van der Waals surface area contributed by atoms with Crippen LogP contribution in [0.25, 0.3) is 0 Å². The maximum Gasteiger partial charge on any atom is 0.457 e. The highest BCUT2D eigenvalue weighted by molar-refractivity contribution is 5.78. The van der Waals surface area contributed by atoms with Crippen molar-refractivity contribution in [3.8, 4) is 5.88 Å². The number of hydrogen-bond donors (Lipinski definition) is 2. The lowest BCUT2D eigenvalue weighted by atomic mass is 10.0. The van der Waals surface area contributed by atoms with Crippen molar-refractivity contribution in [1.29, 1.82) is 0 Å². The number of rotatable bonds is 3. The minimum Gasteiger partial charge on any atom is -0.481 e. The number of alkyl halides is 3. The molecule has 3 rings (SSSR count). The molecule has 0 radical (unpaired) electrons. The van der Waals surface area contributed by atoms with E-state index in [-0.39, 0.29) is 13.2 Å². The lowest BCUT2D eigenvalue weighted by molar-refractivity contribution is -0.158. The topological polar surface area (TPSA) is 71.5 Å². The molecule has 0 unspecified atom stereocenters. The number of benzene rings is 1. The number of halogens is 3. The fourth-order valence-electron chi connectivity index (χ4n) is 2.04. The molecule has 1 aliphatic rings. The number of ether oxygens (including phenoxy) is 1. The molecule has 128 valence electrons. The number of pyridine rings is 1. The molecule has 1 aliphatic heterocycles. The summed E-state index contributed by atoms with van der Waals surface area (Å²) in [4.78, 5) is 14.6. The van der Waals surface area contributed by atoms with Gasteiger partial charge in [-0.1, -0.05) is 36.4 Å². The maximum absolute atomic E-state index is 11.6. The van der Waals surface area contributed by atoms with Gasteiger partial charge in [0, 0.05) is 18.3 Å². The first-order chi connectivity index (χ1) is 11.4. The van der Waals surface area contributed by atoms with Crippen molar-refractivity contribution >= 4 is 5.97 Å². The number of hydrogen-bond acceptors (Lipinski definition) is 4. The molecule has 0 bridgehead atoms. The Labute approximate surface area is 136 Å². The van der Waals surface area contributed by atoms with Crippen molar-refractivity contribution in [2.45, 2.75) is 18.8 Å². The molecule has 0 spiro atoms. The zero-order valence-corrected chi connectivity index (χ0v) is 12.5. The standard InChI is InChI=1S/C8H8F3N.C8H7NO3/c9-8(10,11)12-6-7-4-2-1-3-5-7;10-8(11)6-4-12-7-5(6)2-1-3-9-7/h1-5,12H,6H2;1-3,6H,4H2,(H,10,11)/t;6-/m.1/s1. The minimum atomic E-state index is -4.30. The summed E-state index contributed by atoms with van der Waals surface area (Å²) in [5.41, 5.74) is 1.29. The molecule has 1 aromatic carbocycles. The zero-order chi connectivity index (χ0) is 17.6. The molecule has 0 fully saturated rings. The van der Waals surface area contributed by atoms with Crippen LogP contribution in [0.4, 0.5) is 13.2 Å². The van der Waals surface area contributed by atoms with Gasteiger partial charge < -0.3 is 9.84 Å². The Balaban J connectivity index is 0.000000174. The van der Waals surface area contributed by atoms with Crippen LogP contribution < -0.4 is 10.1 Å². The fraction of sp³-hybridized carbons (Fsp3) is 0.250. The summed E-state index contributed by atoms with van der Waals surface area (Å²) in [7, 11) is 0. The van der Waals surface area contributed by atoms with Crippen molar-refractivity contribution in [1.82, 2.24) is 10.3 Å². The first-order valence-corrected chi connectivity index (χ1v) is 7.03. The van der Waals surface area contributed by atoms with Crippen molar-refractivity contribution in [3.63, 3.8) is 0 Å². The van der Waals surface area contributed by atoms with Gasteiger partial charge in [-0.2, -0.15) is 13.2 Å². The Hall–Kier alpha value is -2.61. The molecule has 1 atom stereocenters. The van der Waals surface area contributed by atoms with Gasteiger partial charge >= 0.3 is 12.3 Å². The summed E-state index contributed by atoms with van der Waals surface area (Å²) in [6, 6.07) is 11.9. The molecule has 0 saturated carbocycles. The highest BCUT2D eigenvalue weighted by atomic mass is 19.4. The van der Waals surface area contributed by atoms with Crippen LogP contribution in [0.15, 0.2) is 48.7 Å². The summed E-state index contributed by atoms with van der Waals surface area (Å²) in [6.45, 7) is 0.0199. The first kappa shape index (κ1) is 17.7. The summed E-state index contributed by atoms with van der Waals surface area (Å²) >= 11 is 0. The van der Waals surface area contributed by atoms with Gasteiger partial charge in [-0.05, 0) is 11.6 Å². The Morgan fingerprint density at radius 3 is 2.58 bits per heavy atom. The average Bonchev–Trinajstić information content (AvgIpc) is 2.98. The molecule has 0 aliphatic carbocycles. The van der Waals surface area contributed by atoms with Gasteiger partial charge in [-0.25, -0.2) is 10.3 Å². The molecule has 0 amide bonds. The molecular weight excluding hydrogens is 325 g/mol. The lowest BCUT2D eigenvalue weighted by Gasteiger charge is -2.07. The predicted octanol–water partition coefficient (Wildman–Crippen LogP) is 2.94. The van der Waals surface area contributed by atoms with Crippen LogP contribution in [-0.4, -0.2) is 29.0 Å². The van der Waals surface area contributed by atoms with Crippen LogP contribution in [-0.2, 0) is 11.3 Å². The monoisotopic (exact) mass is 340 g/mol. The second-order valence-electron chi connectivity index (χ2n) is 4.94. The van der Waals surface area contributed by atoms with Crippen LogP contribution in [0.5, 0.6) is 5.88 Å². The third-order valence-electron chi connectivity index (χ3n) is 3.20. The molecule has 1 aromatic heterocycles. The van der Waals surface area contributed by atoms with Gasteiger partial charge in [-0.3, -0.25) is 4.79 Å². The molecular formula is C16H15F3N2O3. The smallest absolute Gasteiger partial charge is 0.457 e. The highest BCUT2D eigenvalue weighted by Gasteiger charge is 2.30. The van der Waals surface area contributed by atoms with Gasteiger partial charge in [0.15, 0.2) is 0 Å². The minimum absolute atomic E-state index is 0.176. The van der Waals surface area contributed by atoms with E-state index in [4.69, 9.17) is 9.84 Å². The first-order valence-electron chi connectivity index (χ1n) is 7.03. The summed E-state index contributed by atoms with van der Waals surface area (Å²) in [6.07, 6.45) is -2.71. The van der Waals surface area contributed by atoms with Crippen LogP contribution in [0.3, 0.4) is 0 Å². The number of nitrogens with zero attached hydrogens (tertiary/aromatic N) is 1. The predicted molar refractivity (Wildman–Crippen MR) is 79.4 cm³/mol. The van der Waals surface area contributed by atoms with E-state index in [0.29, 0.717) is 17.0 Å². The van der Waals surface area contributed by atoms with Gasteiger partial charge in [0.2, 0.25) is 5.88 Å². The van der Waals surface area contributed by atoms with E-state index in [9.17, 15) is 18.0 Å². The number of aromatic nitrogens is 1. The summed E-state index contributed by atoms with van der Waals surface area (Å²) in [5.74, 6) is -0.958. The van der Waals surface area contributed by atoms with E-state index in [1.165, 1.54) is 5.32 Å². The largest absolute Gasteiger partial charge is 0.481 e. The van der Waals surface area contributed by atoms with E-state index in [1.54, 1.807) is 48.7 Å². The number of nitrogens with one attached hydrogen (secondary N) is 1. The zero-order valence-electron chi connectivity index (χ0n) is 12.5. The third kappa shape index (κ3) is 5.24. The van der Waals surface area contributed by atoms with Crippen molar-refractivity contribution in [3.05, 3.63) is 59.8 Å². The van der Waals surface area contributed by atoms with E-state index < -0.39 is 18.2 Å². The molecule has 2 aromatic rings. The Bertz CT molecular complexity index is 678. The number of carbonyl (C=O) groups is 1. The van der Waals surface area contributed by atoms with Crippen LogP contribution in [0.1, 0.15) is 17.0 Å². The van der Waals surface area contributed by atoms with Gasteiger partial charge in [0.1, 0.15) is 12.5 Å². The number of carboxylic acid groups (broad SMARTS) is 1. The third-order valence-corrected chi connectivity index (χ3v) is 3.20. The van der Waals surface area contributed by atoms with Crippen LogP contribution in [0, 0.1) is 0 Å². The Kier molecular flexibility index (Phi) is 5.75. The summed E-state index contributed by atoms with van der Waals surface area (Å²) < 4.78 is 40.0. The van der Waals surface area contributed by atoms with Gasteiger partial charge in [0.05, 0.1) is 0 Å². The molecule has 8 heteroatoms. The van der Waals surface area contributed by atoms with Gasteiger partial charge in [-0.15, -0.1) is 0 Å². The number of fused-ring (bicyclic) bond motifs is 1. The summed E-state index contributed by atoms with van der Waals surface area (Å²) in [5, 5.41) is 10.2. The molecule has 0 saturated heterocycles. The number of carboxylic acids is 1. The quantitative estimate of drug-likeness (QED) is 0.841. The normalized spacial score (nSPS) is 15.7. The van der Waals surface area contributed by atoms with E-state index in [1.807, 2.05) is 0 Å². The van der Waals surface area contributed by atoms with Crippen LogP contribution in [0.2, 0.25) is 0 Å². The number of aliphatic carboxylic acids is 1. The Morgan fingerprint density at radius 1 is 1.25 bits per heavy atom. The van der Waals surface area contributed by atoms with E-state index >= 15 is 0 Å². The van der Waals surface area contributed by atoms with Gasteiger partial charge in [0.25, 0.3) is 0 Å². The molecule has 5 nitrogen and oxygen atoms in total. The highest BCUT2D eigenvalue weighted by Crippen LogP contribution is 2.31. The second-order valence-corrected chi connectivity index (χ2v) is 4.94. The fourth-order valence-corrected chi connectivity index (χ4v) is 2.04. The average molecular weight is 340 g/mol. The second kappa shape index (κ2) is 7.78. The molecule has 24 heavy (non-hydrogen) atoms. The van der Waals surface area contributed by atoms with Crippen molar-refractivity contribution in [2.75, 3.05) is 6.61 Å². The van der Waals surface area contributed by atoms with Crippen LogP contribution >= 0.6 is 0 Å². The van der Waals surface area contributed by atoms with E-state index in [0.717, 1.165) is 0 Å².